The maximum atomic E-state index is 11.7. The first-order valence-corrected chi connectivity index (χ1v) is 8.76. The second kappa shape index (κ2) is 10.1. The molecule has 0 heterocycles. The lowest BCUT2D eigenvalue weighted by Crippen LogP contribution is -2.30. The molecule has 24 heavy (non-hydrogen) atoms. The highest BCUT2D eigenvalue weighted by molar-refractivity contribution is 9.10. The summed E-state index contributed by atoms with van der Waals surface area (Å²) in [4.78, 5) is 11.7. The van der Waals surface area contributed by atoms with E-state index >= 15 is 0 Å². The second-order valence-corrected chi connectivity index (χ2v) is 6.29. The first kappa shape index (κ1) is 18.5. The van der Waals surface area contributed by atoms with Gasteiger partial charge in [-0.1, -0.05) is 52.3 Å². The largest absolute Gasteiger partial charge is 0.484 e. The Morgan fingerprint density at radius 1 is 1.17 bits per heavy atom. The van der Waals surface area contributed by atoms with Crippen molar-refractivity contribution in [3.8, 4) is 5.75 Å². The maximum absolute atomic E-state index is 11.7. The number of halogens is 1. The average molecular weight is 392 g/mol. The van der Waals surface area contributed by atoms with E-state index in [0.29, 0.717) is 18.9 Å². The Balaban J connectivity index is 1.56. The van der Waals surface area contributed by atoms with E-state index in [4.69, 9.17) is 9.47 Å². The SMILES string of the molecule is CC(OCCCNC(=O)COc1cccc(Br)c1)c1ccccc1. The quantitative estimate of drug-likeness (QED) is 0.654. The first-order chi connectivity index (χ1) is 11.6. The van der Waals surface area contributed by atoms with E-state index < -0.39 is 0 Å². The lowest BCUT2D eigenvalue weighted by atomic mass is 10.1. The molecule has 0 saturated carbocycles. The minimum absolute atomic E-state index is 0.0116. The van der Waals surface area contributed by atoms with Crippen LogP contribution < -0.4 is 10.1 Å². The van der Waals surface area contributed by atoms with Crippen LogP contribution in [0.25, 0.3) is 0 Å². The predicted octanol–water partition coefficient (Wildman–Crippen LogP) is 4.11. The number of carbonyl (C=O) groups excluding carboxylic acids is 1. The third kappa shape index (κ3) is 6.72. The number of nitrogens with one attached hydrogen (secondary N) is 1. The molecule has 0 saturated heterocycles. The van der Waals surface area contributed by atoms with E-state index in [-0.39, 0.29) is 18.6 Å². The van der Waals surface area contributed by atoms with Gasteiger partial charge in [0.1, 0.15) is 5.75 Å². The number of rotatable bonds is 9. The van der Waals surface area contributed by atoms with Gasteiger partial charge in [0.05, 0.1) is 6.10 Å². The molecule has 1 unspecified atom stereocenters. The summed E-state index contributed by atoms with van der Waals surface area (Å²) in [5.41, 5.74) is 1.16. The van der Waals surface area contributed by atoms with Crippen LogP contribution in [0.2, 0.25) is 0 Å². The summed E-state index contributed by atoms with van der Waals surface area (Å²) in [5, 5.41) is 2.83. The monoisotopic (exact) mass is 391 g/mol. The van der Waals surface area contributed by atoms with Crippen LogP contribution in [-0.2, 0) is 9.53 Å². The molecular formula is C19H22BrNO3. The maximum Gasteiger partial charge on any atom is 0.257 e. The van der Waals surface area contributed by atoms with Gasteiger partial charge in [0, 0.05) is 17.6 Å². The smallest absolute Gasteiger partial charge is 0.257 e. The Kier molecular flexibility index (Phi) is 7.79. The molecule has 1 N–H and O–H groups in total. The predicted molar refractivity (Wildman–Crippen MR) is 98.1 cm³/mol. The summed E-state index contributed by atoms with van der Waals surface area (Å²) in [5.74, 6) is 0.533. The van der Waals surface area contributed by atoms with Crippen molar-refractivity contribution in [3.63, 3.8) is 0 Å². The third-order valence-corrected chi connectivity index (χ3v) is 3.94. The van der Waals surface area contributed by atoms with Gasteiger partial charge in [-0.3, -0.25) is 4.79 Å². The Morgan fingerprint density at radius 3 is 2.71 bits per heavy atom. The highest BCUT2D eigenvalue weighted by atomic mass is 79.9. The van der Waals surface area contributed by atoms with Crippen LogP contribution in [-0.4, -0.2) is 25.7 Å². The molecule has 0 fully saturated rings. The molecule has 0 radical (unpaired) electrons. The lowest BCUT2D eigenvalue weighted by molar-refractivity contribution is -0.123. The molecule has 2 rings (SSSR count). The third-order valence-electron chi connectivity index (χ3n) is 3.45. The van der Waals surface area contributed by atoms with E-state index in [2.05, 4.69) is 21.2 Å². The normalized spacial score (nSPS) is 11.8. The summed E-state index contributed by atoms with van der Waals surface area (Å²) in [6, 6.07) is 17.5. The number of carbonyl (C=O) groups is 1. The molecule has 2 aromatic carbocycles. The van der Waals surface area contributed by atoms with Crippen molar-refractivity contribution in [1.82, 2.24) is 5.32 Å². The minimum atomic E-state index is -0.133. The zero-order valence-corrected chi connectivity index (χ0v) is 15.3. The Labute approximate surface area is 151 Å². The van der Waals surface area contributed by atoms with Crippen LogP contribution >= 0.6 is 15.9 Å². The molecule has 1 atom stereocenters. The summed E-state index contributed by atoms with van der Waals surface area (Å²) >= 11 is 3.36. The summed E-state index contributed by atoms with van der Waals surface area (Å²) in [6.07, 6.45) is 0.821. The zero-order valence-electron chi connectivity index (χ0n) is 13.7. The zero-order chi connectivity index (χ0) is 17.2. The molecule has 128 valence electrons. The van der Waals surface area contributed by atoms with Gasteiger partial charge in [-0.05, 0) is 37.1 Å². The summed E-state index contributed by atoms with van der Waals surface area (Å²) < 4.78 is 12.1. The highest BCUT2D eigenvalue weighted by Gasteiger charge is 2.05. The fourth-order valence-electron chi connectivity index (χ4n) is 2.14. The van der Waals surface area contributed by atoms with E-state index in [9.17, 15) is 4.79 Å². The van der Waals surface area contributed by atoms with Crippen molar-refractivity contribution in [2.45, 2.75) is 19.4 Å². The van der Waals surface area contributed by atoms with Crippen LogP contribution in [0.5, 0.6) is 5.75 Å². The molecule has 4 nitrogen and oxygen atoms in total. The Hall–Kier alpha value is -1.85. The lowest BCUT2D eigenvalue weighted by Gasteiger charge is -2.13. The van der Waals surface area contributed by atoms with Crippen molar-refractivity contribution < 1.29 is 14.3 Å². The van der Waals surface area contributed by atoms with E-state index in [1.807, 2.05) is 61.5 Å². The van der Waals surface area contributed by atoms with Gasteiger partial charge < -0.3 is 14.8 Å². The van der Waals surface area contributed by atoms with Crippen molar-refractivity contribution in [3.05, 3.63) is 64.6 Å². The summed E-state index contributed by atoms with van der Waals surface area (Å²) in [7, 11) is 0. The van der Waals surface area contributed by atoms with Gasteiger partial charge in [0.2, 0.25) is 0 Å². The average Bonchev–Trinajstić information content (AvgIpc) is 2.60. The van der Waals surface area contributed by atoms with Crippen LogP contribution in [0.4, 0.5) is 0 Å². The fourth-order valence-corrected chi connectivity index (χ4v) is 2.52. The molecule has 0 aliphatic rings. The molecular weight excluding hydrogens is 370 g/mol. The van der Waals surface area contributed by atoms with E-state index in [1.165, 1.54) is 0 Å². The first-order valence-electron chi connectivity index (χ1n) is 7.97. The molecule has 1 amide bonds. The molecule has 5 heteroatoms. The summed E-state index contributed by atoms with van der Waals surface area (Å²) in [6.45, 7) is 3.21. The fraction of sp³-hybridized carbons (Fsp3) is 0.316. The van der Waals surface area contributed by atoms with Crippen LogP contribution in [0, 0.1) is 0 Å². The van der Waals surface area contributed by atoms with Crippen molar-refractivity contribution in [2.24, 2.45) is 0 Å². The molecule has 0 aliphatic carbocycles. The van der Waals surface area contributed by atoms with Crippen LogP contribution in [0.1, 0.15) is 25.0 Å². The van der Waals surface area contributed by atoms with Crippen molar-refractivity contribution in [1.29, 1.82) is 0 Å². The van der Waals surface area contributed by atoms with E-state index in [0.717, 1.165) is 16.5 Å². The molecule has 0 aliphatic heterocycles. The second-order valence-electron chi connectivity index (χ2n) is 5.37. The molecule has 0 bridgehead atoms. The number of hydrogen-bond acceptors (Lipinski definition) is 3. The Bertz CT molecular complexity index is 634. The topological polar surface area (TPSA) is 47.6 Å². The number of benzene rings is 2. The number of hydrogen-bond donors (Lipinski definition) is 1. The van der Waals surface area contributed by atoms with Crippen molar-refractivity contribution >= 4 is 21.8 Å². The van der Waals surface area contributed by atoms with Gasteiger partial charge in [0.25, 0.3) is 5.91 Å². The van der Waals surface area contributed by atoms with Gasteiger partial charge in [-0.2, -0.15) is 0 Å². The van der Waals surface area contributed by atoms with E-state index in [1.54, 1.807) is 0 Å². The van der Waals surface area contributed by atoms with Crippen LogP contribution in [0.3, 0.4) is 0 Å². The minimum Gasteiger partial charge on any atom is -0.484 e. The van der Waals surface area contributed by atoms with Crippen LogP contribution in [0.15, 0.2) is 59.1 Å². The van der Waals surface area contributed by atoms with Gasteiger partial charge in [-0.15, -0.1) is 0 Å². The van der Waals surface area contributed by atoms with Crippen molar-refractivity contribution in [2.75, 3.05) is 19.8 Å². The number of amides is 1. The number of ether oxygens (including phenoxy) is 2. The highest BCUT2D eigenvalue weighted by Crippen LogP contribution is 2.17. The van der Waals surface area contributed by atoms with Gasteiger partial charge in [-0.25, -0.2) is 0 Å². The standard InChI is InChI=1S/C19H22BrNO3/c1-15(16-7-3-2-4-8-16)23-12-6-11-21-19(22)14-24-18-10-5-9-17(20)13-18/h2-5,7-10,13,15H,6,11-12,14H2,1H3,(H,21,22). The molecule has 2 aromatic rings. The van der Waals surface area contributed by atoms with Gasteiger partial charge >= 0.3 is 0 Å². The van der Waals surface area contributed by atoms with Gasteiger partial charge in [0.15, 0.2) is 6.61 Å². The Morgan fingerprint density at radius 2 is 1.96 bits per heavy atom. The molecule has 0 spiro atoms. The molecule has 0 aromatic heterocycles.